The van der Waals surface area contributed by atoms with Gasteiger partial charge in [0.05, 0.1) is 11.7 Å². The van der Waals surface area contributed by atoms with Crippen LogP contribution in [0.3, 0.4) is 0 Å². The van der Waals surface area contributed by atoms with Crippen molar-refractivity contribution in [2.24, 2.45) is 0 Å². The predicted octanol–water partition coefficient (Wildman–Crippen LogP) is 4.87. The van der Waals surface area contributed by atoms with Crippen LogP contribution in [-0.4, -0.2) is 34.8 Å². The summed E-state index contributed by atoms with van der Waals surface area (Å²) in [5.41, 5.74) is 3.84. The zero-order valence-corrected chi connectivity index (χ0v) is 17.5. The van der Waals surface area contributed by atoms with Crippen molar-refractivity contribution in [2.45, 2.75) is 19.4 Å². The number of aromatic nitrogens is 1. The number of aryl methyl sites for hydroxylation is 1. The molecule has 0 saturated heterocycles. The molecule has 1 unspecified atom stereocenters. The fourth-order valence-electron chi connectivity index (χ4n) is 4.04. The number of nitrogens with one attached hydrogen (secondary N) is 2. The standard InChI is InChI=1S/C23H21ClFN3O3/c1-13-3-2-4-14(9-13)21-18(17-10-15(24)5-6-19(17)25)11-20-22(29)27-12-16(28(20)21)7-8-26-23(30)31/h2-6,9-11,16,26H,7-8,12H2,1H3,(H,27,29)(H,30,31). The van der Waals surface area contributed by atoms with Crippen molar-refractivity contribution in [3.05, 3.63) is 70.6 Å². The van der Waals surface area contributed by atoms with Crippen LogP contribution in [0.1, 0.15) is 28.5 Å². The lowest BCUT2D eigenvalue weighted by atomic mass is 9.99. The Balaban J connectivity index is 1.93. The van der Waals surface area contributed by atoms with E-state index in [1.54, 1.807) is 12.1 Å². The molecule has 1 atom stereocenters. The van der Waals surface area contributed by atoms with Crippen LogP contribution in [0.5, 0.6) is 0 Å². The van der Waals surface area contributed by atoms with Gasteiger partial charge < -0.3 is 20.3 Å². The highest BCUT2D eigenvalue weighted by atomic mass is 35.5. The van der Waals surface area contributed by atoms with Gasteiger partial charge in [-0.3, -0.25) is 4.79 Å². The third-order valence-corrected chi connectivity index (χ3v) is 5.63. The van der Waals surface area contributed by atoms with Gasteiger partial charge in [-0.2, -0.15) is 0 Å². The first-order valence-electron chi connectivity index (χ1n) is 9.88. The van der Waals surface area contributed by atoms with Gasteiger partial charge in [-0.05, 0) is 49.2 Å². The van der Waals surface area contributed by atoms with Gasteiger partial charge in [0, 0.05) is 29.2 Å². The number of carboxylic acid groups (broad SMARTS) is 1. The quantitative estimate of drug-likeness (QED) is 0.528. The first kappa shape index (κ1) is 20.9. The summed E-state index contributed by atoms with van der Waals surface area (Å²) in [5, 5.41) is 14.5. The lowest BCUT2D eigenvalue weighted by Crippen LogP contribution is -2.40. The van der Waals surface area contributed by atoms with E-state index in [-0.39, 0.29) is 18.5 Å². The van der Waals surface area contributed by atoms with Crippen molar-refractivity contribution in [1.29, 1.82) is 0 Å². The Morgan fingerprint density at radius 1 is 1.26 bits per heavy atom. The Kier molecular flexibility index (Phi) is 5.69. The third-order valence-electron chi connectivity index (χ3n) is 5.40. The first-order valence-corrected chi connectivity index (χ1v) is 10.3. The van der Waals surface area contributed by atoms with Gasteiger partial charge in [-0.25, -0.2) is 9.18 Å². The molecule has 0 spiro atoms. The molecule has 2 heterocycles. The molecule has 8 heteroatoms. The Labute approximate surface area is 183 Å². The molecule has 4 rings (SSSR count). The van der Waals surface area contributed by atoms with Crippen molar-refractivity contribution in [3.8, 4) is 22.4 Å². The second-order valence-electron chi connectivity index (χ2n) is 7.54. The number of carbonyl (C=O) groups is 2. The summed E-state index contributed by atoms with van der Waals surface area (Å²) < 4.78 is 16.7. The number of fused-ring (bicyclic) bond motifs is 1. The Hall–Kier alpha value is -3.32. The molecule has 0 radical (unpaired) electrons. The molecule has 1 aliphatic heterocycles. The van der Waals surface area contributed by atoms with Crippen molar-refractivity contribution in [1.82, 2.24) is 15.2 Å². The van der Waals surface area contributed by atoms with Crippen LogP contribution in [0.15, 0.2) is 48.5 Å². The van der Waals surface area contributed by atoms with E-state index < -0.39 is 11.9 Å². The predicted molar refractivity (Wildman–Crippen MR) is 117 cm³/mol. The monoisotopic (exact) mass is 441 g/mol. The maximum absolute atomic E-state index is 14.8. The fourth-order valence-corrected chi connectivity index (χ4v) is 4.22. The lowest BCUT2D eigenvalue weighted by molar-refractivity contribution is 0.0913. The summed E-state index contributed by atoms with van der Waals surface area (Å²) in [6.07, 6.45) is -0.641. The van der Waals surface area contributed by atoms with Crippen molar-refractivity contribution < 1.29 is 19.1 Å². The van der Waals surface area contributed by atoms with Crippen LogP contribution in [0, 0.1) is 12.7 Å². The molecule has 160 valence electrons. The number of hydrogen-bond donors (Lipinski definition) is 3. The van der Waals surface area contributed by atoms with Gasteiger partial charge in [0.25, 0.3) is 5.91 Å². The highest BCUT2D eigenvalue weighted by Gasteiger charge is 2.31. The second kappa shape index (κ2) is 8.43. The van der Waals surface area contributed by atoms with E-state index in [2.05, 4.69) is 10.6 Å². The van der Waals surface area contributed by atoms with Crippen LogP contribution in [0.2, 0.25) is 5.02 Å². The van der Waals surface area contributed by atoms with Crippen molar-refractivity contribution in [2.75, 3.05) is 13.1 Å². The smallest absolute Gasteiger partial charge is 0.404 e. The first-order chi connectivity index (χ1) is 14.8. The van der Waals surface area contributed by atoms with E-state index in [0.29, 0.717) is 40.5 Å². The summed E-state index contributed by atoms with van der Waals surface area (Å²) in [6.45, 7) is 2.53. The van der Waals surface area contributed by atoms with Gasteiger partial charge in [-0.15, -0.1) is 0 Å². The minimum atomic E-state index is -1.10. The molecule has 0 saturated carbocycles. The number of rotatable bonds is 5. The highest BCUT2D eigenvalue weighted by molar-refractivity contribution is 6.30. The fraction of sp³-hybridized carbons (Fsp3) is 0.217. The zero-order chi connectivity index (χ0) is 22.1. The highest BCUT2D eigenvalue weighted by Crippen LogP contribution is 2.41. The SMILES string of the molecule is Cc1cccc(-c2c(-c3cc(Cl)ccc3F)cc3n2C(CCNC(=O)O)CNC3=O)c1. The number of carbonyl (C=O) groups excluding carboxylic acids is 1. The van der Waals surface area contributed by atoms with Gasteiger partial charge >= 0.3 is 6.09 Å². The van der Waals surface area contributed by atoms with Crippen LogP contribution in [-0.2, 0) is 0 Å². The topological polar surface area (TPSA) is 83.4 Å². The summed E-state index contributed by atoms with van der Waals surface area (Å²) in [6, 6.07) is 13.6. The van der Waals surface area contributed by atoms with E-state index >= 15 is 0 Å². The molecule has 31 heavy (non-hydrogen) atoms. The van der Waals surface area contributed by atoms with Gasteiger partial charge in [0.2, 0.25) is 0 Å². The normalized spacial score (nSPS) is 15.3. The minimum absolute atomic E-state index is 0.203. The summed E-state index contributed by atoms with van der Waals surface area (Å²) in [5.74, 6) is -0.698. The number of nitrogens with zero attached hydrogens (tertiary/aromatic N) is 1. The maximum Gasteiger partial charge on any atom is 0.404 e. The largest absolute Gasteiger partial charge is 0.465 e. The van der Waals surface area contributed by atoms with Gasteiger partial charge in [0.15, 0.2) is 0 Å². The van der Waals surface area contributed by atoms with E-state index in [4.69, 9.17) is 16.7 Å². The number of hydrogen-bond acceptors (Lipinski definition) is 2. The average molecular weight is 442 g/mol. The summed E-state index contributed by atoms with van der Waals surface area (Å²) >= 11 is 6.16. The molecular weight excluding hydrogens is 421 g/mol. The zero-order valence-electron chi connectivity index (χ0n) is 16.8. The third kappa shape index (κ3) is 4.14. The van der Waals surface area contributed by atoms with E-state index in [1.807, 2.05) is 35.8 Å². The van der Waals surface area contributed by atoms with Crippen LogP contribution < -0.4 is 10.6 Å². The molecule has 0 aliphatic carbocycles. The molecular formula is C23H21ClFN3O3. The summed E-state index contributed by atoms with van der Waals surface area (Å²) in [7, 11) is 0. The Morgan fingerprint density at radius 2 is 2.06 bits per heavy atom. The van der Waals surface area contributed by atoms with Gasteiger partial charge in [0.1, 0.15) is 11.5 Å². The Bertz CT molecular complexity index is 1170. The van der Waals surface area contributed by atoms with Crippen LogP contribution >= 0.6 is 11.6 Å². The van der Waals surface area contributed by atoms with Crippen molar-refractivity contribution >= 4 is 23.6 Å². The second-order valence-corrected chi connectivity index (χ2v) is 7.98. The molecule has 3 N–H and O–H groups in total. The Morgan fingerprint density at radius 3 is 2.81 bits per heavy atom. The molecule has 1 aliphatic rings. The van der Waals surface area contributed by atoms with Crippen LogP contribution in [0.4, 0.5) is 9.18 Å². The van der Waals surface area contributed by atoms with Gasteiger partial charge in [-0.1, -0.05) is 35.4 Å². The molecule has 2 amide bonds. The molecule has 0 fully saturated rings. The van der Waals surface area contributed by atoms with Crippen LogP contribution in [0.25, 0.3) is 22.4 Å². The molecule has 6 nitrogen and oxygen atoms in total. The summed E-state index contributed by atoms with van der Waals surface area (Å²) in [4.78, 5) is 23.6. The molecule has 0 bridgehead atoms. The van der Waals surface area contributed by atoms with E-state index in [9.17, 15) is 14.0 Å². The minimum Gasteiger partial charge on any atom is -0.465 e. The lowest BCUT2D eigenvalue weighted by Gasteiger charge is -2.29. The van der Waals surface area contributed by atoms with Crippen molar-refractivity contribution in [3.63, 3.8) is 0 Å². The molecule has 3 aromatic rings. The molecule has 2 aromatic carbocycles. The number of halogens is 2. The van der Waals surface area contributed by atoms with E-state index in [0.717, 1.165) is 11.1 Å². The maximum atomic E-state index is 14.8. The molecule has 1 aromatic heterocycles. The number of amides is 2. The van der Waals surface area contributed by atoms with E-state index in [1.165, 1.54) is 12.1 Å². The number of benzene rings is 2. The average Bonchev–Trinajstić information content (AvgIpc) is 3.13.